The molecule has 7 atom stereocenters. The van der Waals surface area contributed by atoms with Crippen molar-refractivity contribution >= 4 is 8.24 Å². The number of hydrogen-bond acceptors (Lipinski definition) is 2. The molecule has 2 nitrogen and oxygen atoms in total. The van der Waals surface area contributed by atoms with Crippen molar-refractivity contribution in [3.63, 3.8) is 0 Å². The number of rotatable bonds is 3. The molecule has 4 fully saturated rings. The minimum absolute atomic E-state index is 0.250. The molecule has 3 saturated carbocycles. The lowest BCUT2D eigenvalue weighted by Gasteiger charge is -2.47. The first-order chi connectivity index (χ1) is 12.2. The van der Waals surface area contributed by atoms with Crippen LogP contribution in [-0.2, 0) is 0 Å². The first-order valence-corrected chi connectivity index (χ1v) is 14.9. The Bertz CT molecular complexity index is 511. The van der Waals surface area contributed by atoms with Gasteiger partial charge in [-0.25, -0.2) is 0 Å². The minimum Gasteiger partial charge on any atom is -0.332 e. The third-order valence-electron chi connectivity index (χ3n) is 8.57. The maximum Gasteiger partial charge on any atom is 0.124 e. The van der Waals surface area contributed by atoms with Crippen molar-refractivity contribution in [3.05, 3.63) is 0 Å². The third-order valence-corrected chi connectivity index (χ3v) is 12.4. The molecule has 0 amide bonds. The lowest BCUT2D eigenvalue weighted by Crippen LogP contribution is -2.61. The smallest absolute Gasteiger partial charge is 0.124 e. The molecule has 7 unspecified atom stereocenters. The zero-order chi connectivity index (χ0) is 18.7. The summed E-state index contributed by atoms with van der Waals surface area (Å²) in [6, 6.07) is 1.83. The second-order valence-electron chi connectivity index (χ2n) is 11.6. The van der Waals surface area contributed by atoms with Gasteiger partial charge >= 0.3 is 0 Å². The van der Waals surface area contributed by atoms with Crippen LogP contribution < -0.4 is 4.98 Å². The largest absolute Gasteiger partial charge is 0.332 e. The van der Waals surface area contributed by atoms with E-state index in [1.807, 2.05) is 0 Å². The summed E-state index contributed by atoms with van der Waals surface area (Å²) in [5.41, 5.74) is 1.21. The lowest BCUT2D eigenvalue weighted by molar-refractivity contribution is 0.124. The predicted molar refractivity (Wildman–Crippen MR) is 115 cm³/mol. The molecule has 0 spiro atoms. The Morgan fingerprint density at radius 2 is 1.46 bits per heavy atom. The zero-order valence-electron chi connectivity index (χ0n) is 18.4. The van der Waals surface area contributed by atoms with Crippen molar-refractivity contribution in [1.29, 1.82) is 0 Å². The van der Waals surface area contributed by atoms with Crippen molar-refractivity contribution in [2.24, 2.45) is 23.7 Å². The summed E-state index contributed by atoms with van der Waals surface area (Å²) in [5.74, 6) is 4.13. The SMILES string of the molecule is CCN1C2CCCCC2C2C3CCCCC3C([Si](C)(C)NC(C)(C)C)C21. The zero-order valence-corrected chi connectivity index (χ0v) is 19.4. The monoisotopic (exact) mass is 376 g/mol. The summed E-state index contributed by atoms with van der Waals surface area (Å²) in [5, 5.41) is 0. The summed E-state index contributed by atoms with van der Waals surface area (Å²) in [6.45, 7) is 16.3. The van der Waals surface area contributed by atoms with Crippen molar-refractivity contribution in [3.8, 4) is 0 Å². The van der Waals surface area contributed by atoms with E-state index in [1.165, 1.54) is 51.5 Å². The van der Waals surface area contributed by atoms with Gasteiger partial charge in [-0.3, -0.25) is 4.90 Å². The van der Waals surface area contributed by atoms with Crippen LogP contribution in [0, 0.1) is 23.7 Å². The van der Waals surface area contributed by atoms with Gasteiger partial charge in [-0.2, -0.15) is 0 Å². The van der Waals surface area contributed by atoms with Gasteiger partial charge in [0.2, 0.25) is 0 Å². The Morgan fingerprint density at radius 3 is 2.08 bits per heavy atom. The molecule has 1 aliphatic heterocycles. The second-order valence-corrected chi connectivity index (χ2v) is 16.0. The van der Waals surface area contributed by atoms with Gasteiger partial charge in [-0.05, 0) is 75.8 Å². The van der Waals surface area contributed by atoms with E-state index in [2.05, 4.69) is 50.7 Å². The van der Waals surface area contributed by atoms with Crippen LogP contribution in [0.3, 0.4) is 0 Å². The van der Waals surface area contributed by atoms with Crippen LogP contribution in [0.4, 0.5) is 0 Å². The van der Waals surface area contributed by atoms with Gasteiger partial charge in [0.05, 0.1) is 0 Å². The fourth-order valence-corrected chi connectivity index (χ4v) is 13.4. The highest BCUT2D eigenvalue weighted by molar-refractivity contribution is 6.76. The predicted octanol–water partition coefficient (Wildman–Crippen LogP) is 5.65. The number of hydrogen-bond donors (Lipinski definition) is 1. The summed E-state index contributed by atoms with van der Waals surface area (Å²) in [4.78, 5) is 7.27. The quantitative estimate of drug-likeness (QED) is 0.640. The van der Waals surface area contributed by atoms with Crippen LogP contribution in [0.2, 0.25) is 18.6 Å². The van der Waals surface area contributed by atoms with Crippen LogP contribution in [0.15, 0.2) is 0 Å². The number of nitrogens with zero attached hydrogens (tertiary/aromatic N) is 1. The van der Waals surface area contributed by atoms with Crippen LogP contribution in [0.1, 0.15) is 79.1 Å². The van der Waals surface area contributed by atoms with Crippen molar-refractivity contribution < 1.29 is 0 Å². The second kappa shape index (κ2) is 6.88. The molecule has 0 aromatic heterocycles. The van der Waals surface area contributed by atoms with Crippen LogP contribution in [-0.4, -0.2) is 37.3 Å². The van der Waals surface area contributed by atoms with E-state index in [0.29, 0.717) is 0 Å². The maximum absolute atomic E-state index is 4.22. The van der Waals surface area contributed by atoms with E-state index < -0.39 is 8.24 Å². The molecule has 4 rings (SSSR count). The van der Waals surface area contributed by atoms with E-state index in [-0.39, 0.29) is 5.54 Å². The van der Waals surface area contributed by atoms with Gasteiger partial charge in [0.15, 0.2) is 0 Å². The standard InChI is InChI=1S/C23H44N2Si/c1-7-25-19-15-11-10-14-18(19)20-16-12-8-9-13-17(16)22(21(20)25)26(5,6)24-23(2,3)4/h16-22,24H,7-15H2,1-6H3. The summed E-state index contributed by atoms with van der Waals surface area (Å²) in [6.07, 6.45) is 12.1. The molecule has 1 heterocycles. The number of fused-ring (bicyclic) bond motifs is 5. The van der Waals surface area contributed by atoms with Gasteiger partial charge in [0.25, 0.3) is 0 Å². The van der Waals surface area contributed by atoms with Crippen molar-refractivity contribution in [2.45, 2.75) is 115 Å². The van der Waals surface area contributed by atoms with Gasteiger partial charge < -0.3 is 4.98 Å². The summed E-state index contributed by atoms with van der Waals surface area (Å²) < 4.78 is 0. The fraction of sp³-hybridized carbons (Fsp3) is 1.00. The molecule has 4 aliphatic rings. The highest BCUT2D eigenvalue weighted by Gasteiger charge is 2.64. The average Bonchev–Trinajstić information content (AvgIpc) is 3.04. The van der Waals surface area contributed by atoms with E-state index >= 15 is 0 Å². The van der Waals surface area contributed by atoms with Crippen LogP contribution in [0.5, 0.6) is 0 Å². The first kappa shape index (κ1) is 19.5. The van der Waals surface area contributed by atoms with Crippen molar-refractivity contribution in [2.75, 3.05) is 6.54 Å². The summed E-state index contributed by atoms with van der Waals surface area (Å²) in [7, 11) is -1.51. The fourth-order valence-electron chi connectivity index (χ4n) is 8.54. The highest BCUT2D eigenvalue weighted by atomic mass is 28.3. The molecule has 3 aliphatic carbocycles. The molecule has 150 valence electrons. The molecular formula is C23H44N2Si. The Balaban J connectivity index is 1.72. The minimum atomic E-state index is -1.51. The van der Waals surface area contributed by atoms with E-state index in [4.69, 9.17) is 0 Å². The molecule has 3 heteroatoms. The van der Waals surface area contributed by atoms with Crippen molar-refractivity contribution in [1.82, 2.24) is 9.88 Å². The molecule has 1 saturated heterocycles. The molecule has 26 heavy (non-hydrogen) atoms. The van der Waals surface area contributed by atoms with E-state index in [0.717, 1.165) is 41.3 Å². The summed E-state index contributed by atoms with van der Waals surface area (Å²) >= 11 is 0. The normalized spacial score (nSPS) is 43.8. The molecule has 0 aromatic carbocycles. The third kappa shape index (κ3) is 3.14. The number of nitrogens with one attached hydrogen (secondary N) is 1. The Labute approximate surface area is 164 Å². The van der Waals surface area contributed by atoms with Gasteiger partial charge in [0, 0.05) is 17.6 Å². The van der Waals surface area contributed by atoms with Gasteiger partial charge in [-0.15, -0.1) is 0 Å². The molecular weight excluding hydrogens is 332 g/mol. The Kier molecular flexibility index (Phi) is 5.15. The molecule has 0 aromatic rings. The first-order valence-electron chi connectivity index (χ1n) is 11.8. The van der Waals surface area contributed by atoms with Gasteiger partial charge in [0.1, 0.15) is 8.24 Å². The number of likely N-dealkylation sites (tertiary alicyclic amines) is 1. The topological polar surface area (TPSA) is 15.3 Å². The van der Waals surface area contributed by atoms with E-state index in [1.54, 1.807) is 6.42 Å². The van der Waals surface area contributed by atoms with Crippen LogP contribution >= 0.6 is 0 Å². The van der Waals surface area contributed by atoms with E-state index in [9.17, 15) is 0 Å². The highest BCUT2D eigenvalue weighted by Crippen LogP contribution is 2.64. The maximum atomic E-state index is 4.22. The Hall–Kier alpha value is 0.137. The molecule has 0 radical (unpaired) electrons. The molecule has 0 bridgehead atoms. The van der Waals surface area contributed by atoms with Crippen LogP contribution in [0.25, 0.3) is 0 Å². The molecule has 1 N–H and O–H groups in total. The average molecular weight is 377 g/mol. The lowest BCUT2D eigenvalue weighted by atomic mass is 9.70. The Morgan fingerprint density at radius 1 is 0.885 bits per heavy atom. The van der Waals surface area contributed by atoms with Gasteiger partial charge in [-0.1, -0.05) is 52.1 Å².